The van der Waals surface area contributed by atoms with Gasteiger partial charge in [0.1, 0.15) is 5.75 Å². The number of piperidine rings is 1. The van der Waals surface area contributed by atoms with E-state index >= 15 is 0 Å². The maximum Gasteiger partial charge on any atom is 0.253 e. The Hall–Kier alpha value is -2.82. The minimum absolute atomic E-state index is 0.0121. The Balaban J connectivity index is 1.56. The minimum atomic E-state index is -0.0685. The number of hydrogen-bond acceptors (Lipinski definition) is 3. The second-order valence-corrected chi connectivity index (χ2v) is 7.09. The number of anilines is 1. The average Bonchev–Trinajstić information content (AvgIpc) is 2.70. The van der Waals surface area contributed by atoms with Crippen LogP contribution in [0.2, 0.25) is 0 Å². The van der Waals surface area contributed by atoms with Gasteiger partial charge in [0, 0.05) is 30.3 Å². The highest BCUT2D eigenvalue weighted by Gasteiger charge is 2.28. The molecule has 0 unspecified atom stereocenters. The summed E-state index contributed by atoms with van der Waals surface area (Å²) in [6.45, 7) is 5.26. The van der Waals surface area contributed by atoms with E-state index in [4.69, 9.17) is 4.74 Å². The molecule has 0 aliphatic carbocycles. The standard InChI is InChI=1S/C22H26N2O3/c1-15-7-8-19(13-16(15)2)23-21(25)17-9-11-24(12-10-17)22(26)18-5-4-6-20(14-18)27-3/h4-8,13-14,17H,9-12H2,1-3H3,(H,23,25). The Bertz CT molecular complexity index is 839. The fourth-order valence-corrected chi connectivity index (χ4v) is 3.35. The second-order valence-electron chi connectivity index (χ2n) is 7.09. The number of carbonyl (C=O) groups is 2. The molecule has 1 fully saturated rings. The van der Waals surface area contributed by atoms with E-state index in [1.165, 1.54) is 5.56 Å². The predicted octanol–water partition coefficient (Wildman–Crippen LogP) is 3.80. The van der Waals surface area contributed by atoms with Crippen molar-refractivity contribution in [3.05, 3.63) is 59.2 Å². The van der Waals surface area contributed by atoms with Crippen LogP contribution in [0.5, 0.6) is 5.75 Å². The molecule has 0 atom stereocenters. The molecule has 142 valence electrons. The summed E-state index contributed by atoms with van der Waals surface area (Å²) in [5, 5.41) is 3.01. The van der Waals surface area contributed by atoms with Gasteiger partial charge in [0.05, 0.1) is 7.11 Å². The van der Waals surface area contributed by atoms with Gasteiger partial charge in [-0.1, -0.05) is 12.1 Å². The zero-order chi connectivity index (χ0) is 19.4. The number of carbonyl (C=O) groups excluding carboxylic acids is 2. The first-order valence-corrected chi connectivity index (χ1v) is 9.29. The van der Waals surface area contributed by atoms with E-state index in [0.29, 0.717) is 37.2 Å². The number of amides is 2. The number of rotatable bonds is 4. The zero-order valence-electron chi connectivity index (χ0n) is 16.1. The third kappa shape index (κ3) is 4.48. The van der Waals surface area contributed by atoms with Gasteiger partial charge >= 0.3 is 0 Å². The summed E-state index contributed by atoms with van der Waals surface area (Å²) in [6, 6.07) is 13.1. The second kappa shape index (κ2) is 8.25. The number of ether oxygens (including phenoxy) is 1. The topological polar surface area (TPSA) is 58.6 Å². The summed E-state index contributed by atoms with van der Waals surface area (Å²) in [6.07, 6.45) is 1.35. The molecule has 0 spiro atoms. The lowest BCUT2D eigenvalue weighted by atomic mass is 9.95. The van der Waals surface area contributed by atoms with E-state index in [0.717, 1.165) is 11.3 Å². The van der Waals surface area contributed by atoms with Crippen LogP contribution in [-0.2, 0) is 4.79 Å². The summed E-state index contributed by atoms with van der Waals surface area (Å²) in [5.74, 6) is 0.623. The van der Waals surface area contributed by atoms with E-state index in [1.807, 2.05) is 42.2 Å². The van der Waals surface area contributed by atoms with Crippen molar-refractivity contribution in [2.75, 3.05) is 25.5 Å². The molecular formula is C22H26N2O3. The molecule has 2 aromatic rings. The van der Waals surface area contributed by atoms with Crippen molar-refractivity contribution in [2.24, 2.45) is 5.92 Å². The molecule has 0 saturated carbocycles. The maximum atomic E-state index is 12.7. The minimum Gasteiger partial charge on any atom is -0.497 e. The highest BCUT2D eigenvalue weighted by molar-refractivity contribution is 5.95. The van der Waals surface area contributed by atoms with Gasteiger partial charge < -0.3 is 15.0 Å². The highest BCUT2D eigenvalue weighted by atomic mass is 16.5. The van der Waals surface area contributed by atoms with Crippen molar-refractivity contribution in [3.63, 3.8) is 0 Å². The van der Waals surface area contributed by atoms with Crippen LogP contribution in [0.1, 0.15) is 34.3 Å². The van der Waals surface area contributed by atoms with Gasteiger partial charge in [-0.05, 0) is 68.1 Å². The Kier molecular flexibility index (Phi) is 5.79. The Morgan fingerprint density at radius 1 is 1.04 bits per heavy atom. The van der Waals surface area contributed by atoms with Crippen LogP contribution in [0.4, 0.5) is 5.69 Å². The summed E-state index contributed by atoms with van der Waals surface area (Å²) in [5.41, 5.74) is 3.81. The predicted molar refractivity (Wildman–Crippen MR) is 106 cm³/mol. The quantitative estimate of drug-likeness (QED) is 0.895. The number of hydrogen-bond donors (Lipinski definition) is 1. The van der Waals surface area contributed by atoms with Crippen LogP contribution in [0.3, 0.4) is 0 Å². The number of likely N-dealkylation sites (tertiary alicyclic amines) is 1. The summed E-state index contributed by atoms with van der Waals surface area (Å²) >= 11 is 0. The van der Waals surface area contributed by atoms with Crippen LogP contribution in [0.15, 0.2) is 42.5 Å². The van der Waals surface area contributed by atoms with Gasteiger partial charge in [0.25, 0.3) is 5.91 Å². The van der Waals surface area contributed by atoms with Crippen molar-refractivity contribution >= 4 is 17.5 Å². The van der Waals surface area contributed by atoms with Crippen molar-refractivity contribution in [1.29, 1.82) is 0 Å². The zero-order valence-corrected chi connectivity index (χ0v) is 16.1. The van der Waals surface area contributed by atoms with Gasteiger partial charge in [-0.15, -0.1) is 0 Å². The summed E-state index contributed by atoms with van der Waals surface area (Å²) < 4.78 is 5.19. The number of nitrogens with one attached hydrogen (secondary N) is 1. The molecule has 1 heterocycles. The van der Waals surface area contributed by atoms with Gasteiger partial charge in [0.15, 0.2) is 0 Å². The number of nitrogens with zero attached hydrogens (tertiary/aromatic N) is 1. The van der Waals surface area contributed by atoms with Crippen LogP contribution >= 0.6 is 0 Å². The lowest BCUT2D eigenvalue weighted by Crippen LogP contribution is -2.41. The Labute approximate surface area is 160 Å². The Morgan fingerprint density at radius 2 is 1.78 bits per heavy atom. The molecular weight excluding hydrogens is 340 g/mol. The maximum absolute atomic E-state index is 12.7. The molecule has 5 heteroatoms. The first-order valence-electron chi connectivity index (χ1n) is 9.29. The SMILES string of the molecule is COc1cccc(C(=O)N2CCC(C(=O)Nc3ccc(C)c(C)c3)CC2)c1. The van der Waals surface area contributed by atoms with E-state index in [2.05, 4.69) is 12.2 Å². The Morgan fingerprint density at radius 3 is 2.44 bits per heavy atom. The van der Waals surface area contributed by atoms with Crippen LogP contribution < -0.4 is 10.1 Å². The van der Waals surface area contributed by atoms with E-state index in [9.17, 15) is 9.59 Å². The van der Waals surface area contributed by atoms with E-state index in [1.54, 1.807) is 19.2 Å². The molecule has 0 aromatic heterocycles. The molecule has 0 bridgehead atoms. The van der Waals surface area contributed by atoms with Crippen molar-refractivity contribution < 1.29 is 14.3 Å². The first-order chi connectivity index (χ1) is 13.0. The van der Waals surface area contributed by atoms with Crippen LogP contribution in [0.25, 0.3) is 0 Å². The molecule has 27 heavy (non-hydrogen) atoms. The molecule has 3 rings (SSSR count). The molecule has 1 saturated heterocycles. The fourth-order valence-electron chi connectivity index (χ4n) is 3.35. The molecule has 1 N–H and O–H groups in total. The molecule has 1 aliphatic heterocycles. The third-order valence-corrected chi connectivity index (χ3v) is 5.24. The summed E-state index contributed by atoms with van der Waals surface area (Å²) in [4.78, 5) is 27.1. The smallest absolute Gasteiger partial charge is 0.253 e. The third-order valence-electron chi connectivity index (χ3n) is 5.24. The number of benzene rings is 2. The van der Waals surface area contributed by atoms with Crippen molar-refractivity contribution in [1.82, 2.24) is 4.90 Å². The largest absolute Gasteiger partial charge is 0.497 e. The number of aryl methyl sites for hydroxylation is 2. The van der Waals surface area contributed by atoms with Gasteiger partial charge in [-0.3, -0.25) is 9.59 Å². The van der Waals surface area contributed by atoms with Gasteiger partial charge in [-0.2, -0.15) is 0 Å². The monoisotopic (exact) mass is 366 g/mol. The van der Waals surface area contributed by atoms with E-state index < -0.39 is 0 Å². The van der Waals surface area contributed by atoms with Crippen LogP contribution in [0, 0.1) is 19.8 Å². The average molecular weight is 366 g/mol. The lowest BCUT2D eigenvalue weighted by Gasteiger charge is -2.31. The molecule has 0 radical (unpaired) electrons. The normalized spacial score (nSPS) is 14.7. The molecule has 5 nitrogen and oxygen atoms in total. The number of methoxy groups -OCH3 is 1. The van der Waals surface area contributed by atoms with E-state index in [-0.39, 0.29) is 17.7 Å². The summed E-state index contributed by atoms with van der Waals surface area (Å²) in [7, 11) is 1.59. The highest BCUT2D eigenvalue weighted by Crippen LogP contribution is 2.23. The van der Waals surface area contributed by atoms with Crippen molar-refractivity contribution in [3.8, 4) is 5.75 Å². The van der Waals surface area contributed by atoms with Crippen LogP contribution in [-0.4, -0.2) is 36.9 Å². The fraction of sp³-hybridized carbons (Fsp3) is 0.364. The first kappa shape index (κ1) is 19.0. The van der Waals surface area contributed by atoms with Crippen molar-refractivity contribution in [2.45, 2.75) is 26.7 Å². The van der Waals surface area contributed by atoms with Gasteiger partial charge in [0.2, 0.25) is 5.91 Å². The molecule has 1 aliphatic rings. The molecule has 2 aromatic carbocycles. The lowest BCUT2D eigenvalue weighted by molar-refractivity contribution is -0.121. The molecule has 2 amide bonds. The van der Waals surface area contributed by atoms with Gasteiger partial charge in [-0.25, -0.2) is 0 Å².